The number of hydrogen-bond donors (Lipinski definition) is 1. The molecule has 1 saturated carbocycles. The summed E-state index contributed by atoms with van der Waals surface area (Å²) in [5, 5.41) is 3.74. The Morgan fingerprint density at radius 1 is 0.926 bits per heavy atom. The van der Waals surface area contributed by atoms with E-state index >= 15 is 0 Å². The molecule has 3 saturated heterocycles. The van der Waals surface area contributed by atoms with Gasteiger partial charge in [0.05, 0.1) is 0 Å². The second kappa shape index (κ2) is 8.93. The van der Waals surface area contributed by atoms with Gasteiger partial charge in [0.1, 0.15) is 0 Å². The van der Waals surface area contributed by atoms with E-state index in [1.807, 2.05) is 4.90 Å². The van der Waals surface area contributed by atoms with Gasteiger partial charge in [0.25, 0.3) is 0 Å². The van der Waals surface area contributed by atoms with Gasteiger partial charge in [-0.3, -0.25) is 9.59 Å². The van der Waals surface area contributed by atoms with Gasteiger partial charge >= 0.3 is 0 Å². The molecule has 0 unspecified atom stereocenters. The molecule has 27 heavy (non-hydrogen) atoms. The molecule has 0 aromatic heterocycles. The topological polar surface area (TPSA) is 52.7 Å². The zero-order valence-corrected chi connectivity index (χ0v) is 16.8. The molecular formula is C22H37N3O2. The lowest BCUT2D eigenvalue weighted by atomic mass is 9.78. The monoisotopic (exact) mass is 375 g/mol. The van der Waals surface area contributed by atoms with Crippen LogP contribution in [0.1, 0.15) is 70.6 Å². The molecule has 4 aliphatic rings. The number of likely N-dealkylation sites (tertiary alicyclic amines) is 2. The predicted molar refractivity (Wildman–Crippen MR) is 106 cm³/mol. The number of nitrogens with zero attached hydrogens (tertiary/aromatic N) is 2. The average Bonchev–Trinajstić information content (AvgIpc) is 3.24. The van der Waals surface area contributed by atoms with E-state index < -0.39 is 0 Å². The third kappa shape index (κ3) is 4.67. The molecule has 0 radical (unpaired) electrons. The van der Waals surface area contributed by atoms with Crippen LogP contribution in [0.15, 0.2) is 0 Å². The third-order valence-electron chi connectivity index (χ3n) is 7.44. The maximum Gasteiger partial charge on any atom is 0.225 e. The predicted octanol–water partition coefficient (Wildman–Crippen LogP) is 2.80. The Labute approximate surface area is 164 Å². The van der Waals surface area contributed by atoms with Crippen LogP contribution in [-0.2, 0) is 9.59 Å². The van der Waals surface area contributed by atoms with Crippen molar-refractivity contribution in [1.29, 1.82) is 0 Å². The normalized spacial score (nSPS) is 31.9. The fraction of sp³-hybridized carbons (Fsp3) is 0.909. The average molecular weight is 376 g/mol. The summed E-state index contributed by atoms with van der Waals surface area (Å²) >= 11 is 0. The third-order valence-corrected chi connectivity index (χ3v) is 7.44. The van der Waals surface area contributed by atoms with Crippen LogP contribution in [0.3, 0.4) is 0 Å². The van der Waals surface area contributed by atoms with Gasteiger partial charge in [-0.05, 0) is 63.3 Å². The van der Waals surface area contributed by atoms with Gasteiger partial charge in [0, 0.05) is 44.6 Å². The number of fused-ring (bicyclic) bond motifs is 2. The molecule has 3 atom stereocenters. The van der Waals surface area contributed by atoms with Gasteiger partial charge in [0.2, 0.25) is 11.8 Å². The fourth-order valence-electron chi connectivity index (χ4n) is 5.89. The van der Waals surface area contributed by atoms with E-state index in [4.69, 9.17) is 0 Å². The molecule has 5 heteroatoms. The molecule has 1 aliphatic carbocycles. The molecule has 4 fully saturated rings. The van der Waals surface area contributed by atoms with Crippen LogP contribution in [-0.4, -0.2) is 60.4 Å². The van der Waals surface area contributed by atoms with Crippen molar-refractivity contribution >= 4 is 11.8 Å². The Bertz CT molecular complexity index is 526. The smallest absolute Gasteiger partial charge is 0.225 e. The van der Waals surface area contributed by atoms with Crippen LogP contribution in [0, 0.1) is 17.8 Å². The summed E-state index contributed by atoms with van der Waals surface area (Å²) in [6, 6.07) is 0.481. The highest BCUT2D eigenvalue weighted by molar-refractivity contribution is 5.79. The maximum absolute atomic E-state index is 13.0. The van der Waals surface area contributed by atoms with E-state index in [-0.39, 0.29) is 0 Å². The van der Waals surface area contributed by atoms with Crippen molar-refractivity contribution in [1.82, 2.24) is 15.1 Å². The van der Waals surface area contributed by atoms with Crippen molar-refractivity contribution in [2.45, 2.75) is 76.7 Å². The lowest BCUT2D eigenvalue weighted by Gasteiger charge is -2.47. The van der Waals surface area contributed by atoms with E-state index in [2.05, 4.69) is 10.2 Å². The highest BCUT2D eigenvalue weighted by atomic mass is 16.2. The van der Waals surface area contributed by atoms with Gasteiger partial charge in [-0.15, -0.1) is 0 Å². The minimum atomic E-state index is 0.294. The van der Waals surface area contributed by atoms with Crippen LogP contribution in [0.25, 0.3) is 0 Å². The highest BCUT2D eigenvalue weighted by Gasteiger charge is 2.39. The molecule has 3 heterocycles. The standard InChI is InChI=1S/C22H37N3O2/c26-21(24-11-4-5-12-24)10-6-9-20-19-13-17(14-23-20)15-25(16-19)22(27)18-7-2-1-3-8-18/h17-20,23H,1-16H2/t17-,19+,20+/m0/s1. The first-order chi connectivity index (χ1) is 13.2. The fourth-order valence-corrected chi connectivity index (χ4v) is 5.89. The lowest BCUT2D eigenvalue weighted by molar-refractivity contribution is -0.140. The molecule has 2 bridgehead atoms. The molecule has 5 nitrogen and oxygen atoms in total. The Balaban J connectivity index is 1.25. The Hall–Kier alpha value is -1.10. The zero-order valence-electron chi connectivity index (χ0n) is 16.8. The summed E-state index contributed by atoms with van der Waals surface area (Å²) in [6.07, 6.45) is 12.3. The Morgan fingerprint density at radius 3 is 2.48 bits per heavy atom. The van der Waals surface area contributed by atoms with Crippen LogP contribution in [0.4, 0.5) is 0 Å². The molecule has 0 aromatic rings. The first kappa shape index (κ1) is 19.2. The van der Waals surface area contributed by atoms with Crippen molar-refractivity contribution in [3.63, 3.8) is 0 Å². The van der Waals surface area contributed by atoms with Crippen molar-refractivity contribution in [2.24, 2.45) is 17.8 Å². The molecule has 152 valence electrons. The van der Waals surface area contributed by atoms with Crippen LogP contribution < -0.4 is 5.32 Å². The molecule has 1 N–H and O–H groups in total. The van der Waals surface area contributed by atoms with Gasteiger partial charge in [-0.2, -0.15) is 0 Å². The van der Waals surface area contributed by atoms with Gasteiger partial charge in [-0.1, -0.05) is 19.3 Å². The summed E-state index contributed by atoms with van der Waals surface area (Å²) in [6.45, 7) is 4.85. The molecular weight excluding hydrogens is 338 g/mol. The lowest BCUT2D eigenvalue weighted by Crippen LogP contribution is -2.58. The Morgan fingerprint density at radius 2 is 1.70 bits per heavy atom. The van der Waals surface area contributed by atoms with E-state index in [1.54, 1.807) is 0 Å². The number of nitrogens with one attached hydrogen (secondary N) is 1. The van der Waals surface area contributed by atoms with E-state index in [1.165, 1.54) is 38.5 Å². The molecule has 0 spiro atoms. The second-order valence-electron chi connectivity index (χ2n) is 9.43. The van der Waals surface area contributed by atoms with Crippen molar-refractivity contribution in [3.8, 4) is 0 Å². The largest absolute Gasteiger partial charge is 0.343 e. The summed E-state index contributed by atoms with van der Waals surface area (Å²) in [5.41, 5.74) is 0. The number of amides is 2. The van der Waals surface area contributed by atoms with Gasteiger partial charge in [-0.25, -0.2) is 0 Å². The van der Waals surface area contributed by atoms with Gasteiger partial charge < -0.3 is 15.1 Å². The minimum Gasteiger partial charge on any atom is -0.343 e. The minimum absolute atomic E-state index is 0.294. The van der Waals surface area contributed by atoms with E-state index in [0.717, 1.165) is 58.4 Å². The summed E-state index contributed by atoms with van der Waals surface area (Å²) in [7, 11) is 0. The van der Waals surface area contributed by atoms with Crippen molar-refractivity contribution < 1.29 is 9.59 Å². The van der Waals surface area contributed by atoms with E-state index in [9.17, 15) is 9.59 Å². The van der Waals surface area contributed by atoms with Crippen LogP contribution in [0.5, 0.6) is 0 Å². The molecule has 4 rings (SSSR count). The SMILES string of the molecule is O=C(CCC[C@H]1NC[C@@H]2C[C@@H]1CN(C(=O)C1CCCCC1)C2)N1CCCC1. The highest BCUT2D eigenvalue weighted by Crippen LogP contribution is 2.33. The quantitative estimate of drug-likeness (QED) is 0.804. The number of carbonyl (C=O) groups excluding carboxylic acids is 2. The first-order valence-corrected chi connectivity index (χ1v) is 11.5. The number of carbonyl (C=O) groups is 2. The van der Waals surface area contributed by atoms with Crippen molar-refractivity contribution in [3.05, 3.63) is 0 Å². The first-order valence-electron chi connectivity index (χ1n) is 11.5. The van der Waals surface area contributed by atoms with Crippen molar-refractivity contribution in [2.75, 3.05) is 32.7 Å². The number of rotatable bonds is 5. The van der Waals surface area contributed by atoms with E-state index in [0.29, 0.717) is 42.0 Å². The summed E-state index contributed by atoms with van der Waals surface area (Å²) in [5.74, 6) is 2.28. The zero-order chi connectivity index (χ0) is 18.6. The second-order valence-corrected chi connectivity index (χ2v) is 9.43. The Kier molecular flexibility index (Phi) is 6.36. The maximum atomic E-state index is 13.0. The summed E-state index contributed by atoms with van der Waals surface area (Å²) in [4.78, 5) is 29.5. The van der Waals surface area contributed by atoms with Crippen LogP contribution >= 0.6 is 0 Å². The molecule has 3 aliphatic heterocycles. The number of hydrogen-bond acceptors (Lipinski definition) is 3. The summed E-state index contributed by atoms with van der Waals surface area (Å²) < 4.78 is 0. The van der Waals surface area contributed by atoms with Gasteiger partial charge in [0.15, 0.2) is 0 Å². The molecule has 2 amide bonds. The molecule has 0 aromatic carbocycles. The number of piperidine rings is 2. The van der Waals surface area contributed by atoms with Crippen LogP contribution in [0.2, 0.25) is 0 Å².